The minimum atomic E-state index is 0.0505. The third-order valence-corrected chi connectivity index (χ3v) is 1.73. The van der Waals surface area contributed by atoms with Crippen LogP contribution in [0.1, 0.15) is 12.5 Å². The van der Waals surface area contributed by atoms with Crippen LogP contribution < -0.4 is 0 Å². The second kappa shape index (κ2) is 3.90. The minimum absolute atomic E-state index is 0.0505. The number of hydrogen-bond acceptors (Lipinski definition) is 2. The molecule has 0 spiro atoms. The number of aldehydes is 1. The van der Waals surface area contributed by atoms with Crippen molar-refractivity contribution in [1.29, 1.82) is 0 Å². The number of rotatable bonds is 3. The Kier molecular flexibility index (Phi) is 2.86. The maximum Gasteiger partial charge on any atom is 0.123 e. The molecule has 2 nitrogen and oxygen atoms in total. The van der Waals surface area contributed by atoms with Crippen LogP contribution in [0.2, 0.25) is 0 Å². The molecule has 0 bridgehead atoms. The normalized spacial score (nSPS) is 12.4. The van der Waals surface area contributed by atoms with E-state index in [-0.39, 0.29) is 11.7 Å². The van der Waals surface area contributed by atoms with Crippen molar-refractivity contribution in [3.8, 4) is 5.75 Å². The molecule has 0 heterocycles. The number of aromatic hydroxyl groups is 1. The van der Waals surface area contributed by atoms with Crippen molar-refractivity contribution >= 4 is 6.29 Å². The van der Waals surface area contributed by atoms with Gasteiger partial charge in [0, 0.05) is 5.92 Å². The molecular weight excluding hydrogens is 152 g/mol. The summed E-state index contributed by atoms with van der Waals surface area (Å²) < 4.78 is 0. The van der Waals surface area contributed by atoms with Gasteiger partial charge in [0.25, 0.3) is 0 Å². The molecular formula is C10H12O2. The van der Waals surface area contributed by atoms with Gasteiger partial charge < -0.3 is 9.90 Å². The highest BCUT2D eigenvalue weighted by atomic mass is 16.3. The molecule has 0 aliphatic heterocycles. The smallest absolute Gasteiger partial charge is 0.123 e. The van der Waals surface area contributed by atoms with Crippen LogP contribution in [0.25, 0.3) is 0 Å². The number of hydrogen-bond donors (Lipinski definition) is 1. The Balaban J connectivity index is 2.64. The highest BCUT2D eigenvalue weighted by Gasteiger charge is 2.00. The van der Waals surface area contributed by atoms with Crippen molar-refractivity contribution < 1.29 is 9.90 Å². The second-order valence-electron chi connectivity index (χ2n) is 2.98. The summed E-state index contributed by atoms with van der Waals surface area (Å²) in [4.78, 5) is 10.3. The van der Waals surface area contributed by atoms with Crippen LogP contribution in [0.4, 0.5) is 0 Å². The van der Waals surface area contributed by atoms with Crippen molar-refractivity contribution in [2.45, 2.75) is 13.3 Å². The van der Waals surface area contributed by atoms with E-state index in [0.29, 0.717) is 0 Å². The summed E-state index contributed by atoms with van der Waals surface area (Å²) in [6.07, 6.45) is 1.68. The van der Waals surface area contributed by atoms with Crippen LogP contribution in [0, 0.1) is 5.92 Å². The number of phenols is 1. The molecule has 0 aliphatic carbocycles. The number of benzene rings is 1. The minimum Gasteiger partial charge on any atom is -0.508 e. The molecule has 0 radical (unpaired) electrons. The Morgan fingerprint density at radius 1 is 1.42 bits per heavy atom. The summed E-state index contributed by atoms with van der Waals surface area (Å²) in [5.41, 5.74) is 1.08. The third-order valence-electron chi connectivity index (χ3n) is 1.73. The van der Waals surface area contributed by atoms with Crippen LogP contribution in [0.15, 0.2) is 24.3 Å². The first-order chi connectivity index (χ1) is 5.72. The van der Waals surface area contributed by atoms with E-state index in [4.69, 9.17) is 5.11 Å². The molecule has 1 aromatic rings. The van der Waals surface area contributed by atoms with Gasteiger partial charge >= 0.3 is 0 Å². The molecule has 0 fully saturated rings. The summed E-state index contributed by atoms with van der Waals surface area (Å²) in [6, 6.07) is 6.92. The van der Waals surface area contributed by atoms with Gasteiger partial charge in [0.1, 0.15) is 12.0 Å². The van der Waals surface area contributed by atoms with Gasteiger partial charge in [-0.15, -0.1) is 0 Å². The summed E-state index contributed by atoms with van der Waals surface area (Å²) >= 11 is 0. The van der Waals surface area contributed by atoms with Gasteiger partial charge in [0.05, 0.1) is 0 Å². The quantitative estimate of drug-likeness (QED) is 0.691. The maximum atomic E-state index is 10.3. The van der Waals surface area contributed by atoms with Crippen LogP contribution in [-0.2, 0) is 11.2 Å². The average molecular weight is 164 g/mol. The fourth-order valence-electron chi connectivity index (χ4n) is 1.05. The lowest BCUT2D eigenvalue weighted by atomic mass is 10.0. The monoisotopic (exact) mass is 164 g/mol. The van der Waals surface area contributed by atoms with E-state index in [1.807, 2.05) is 19.1 Å². The highest BCUT2D eigenvalue weighted by molar-refractivity contribution is 5.53. The Labute approximate surface area is 71.8 Å². The molecule has 1 N–H and O–H groups in total. The van der Waals surface area contributed by atoms with Crippen molar-refractivity contribution in [3.05, 3.63) is 29.8 Å². The Morgan fingerprint density at radius 3 is 2.50 bits per heavy atom. The molecule has 0 aliphatic rings. The van der Waals surface area contributed by atoms with Gasteiger partial charge in [-0.2, -0.15) is 0 Å². The van der Waals surface area contributed by atoms with E-state index in [2.05, 4.69) is 0 Å². The van der Waals surface area contributed by atoms with E-state index in [1.54, 1.807) is 12.1 Å². The third kappa shape index (κ3) is 2.38. The molecule has 64 valence electrons. The van der Waals surface area contributed by atoms with E-state index < -0.39 is 0 Å². The van der Waals surface area contributed by atoms with Gasteiger partial charge in [0.15, 0.2) is 0 Å². The summed E-state index contributed by atoms with van der Waals surface area (Å²) in [5, 5.41) is 8.98. The molecule has 1 aromatic carbocycles. The fraction of sp³-hybridized carbons (Fsp3) is 0.300. The van der Waals surface area contributed by atoms with E-state index in [9.17, 15) is 4.79 Å². The average Bonchev–Trinajstić information content (AvgIpc) is 2.09. The molecule has 0 aromatic heterocycles. The highest BCUT2D eigenvalue weighted by Crippen LogP contribution is 2.12. The van der Waals surface area contributed by atoms with E-state index >= 15 is 0 Å². The van der Waals surface area contributed by atoms with Gasteiger partial charge in [-0.05, 0) is 24.1 Å². The van der Waals surface area contributed by atoms with Crippen LogP contribution in [-0.4, -0.2) is 11.4 Å². The fourth-order valence-corrected chi connectivity index (χ4v) is 1.05. The first kappa shape index (κ1) is 8.78. The largest absolute Gasteiger partial charge is 0.508 e. The molecule has 0 saturated carbocycles. The number of carbonyl (C=O) groups excluding carboxylic acids is 1. The second-order valence-corrected chi connectivity index (χ2v) is 2.98. The van der Waals surface area contributed by atoms with Crippen LogP contribution in [0.5, 0.6) is 5.75 Å². The first-order valence-corrected chi connectivity index (χ1v) is 3.95. The molecule has 0 amide bonds. The van der Waals surface area contributed by atoms with Crippen molar-refractivity contribution in [1.82, 2.24) is 0 Å². The van der Waals surface area contributed by atoms with Gasteiger partial charge in [-0.25, -0.2) is 0 Å². The molecule has 12 heavy (non-hydrogen) atoms. The summed E-state index contributed by atoms with van der Waals surface area (Å²) in [5.74, 6) is 0.312. The van der Waals surface area contributed by atoms with Gasteiger partial charge in [-0.3, -0.25) is 0 Å². The molecule has 1 rings (SSSR count). The maximum absolute atomic E-state index is 10.3. The van der Waals surface area contributed by atoms with Crippen LogP contribution in [0.3, 0.4) is 0 Å². The lowest BCUT2D eigenvalue weighted by Gasteiger charge is -2.02. The predicted octanol–water partition coefficient (Wildman–Crippen LogP) is 1.77. The van der Waals surface area contributed by atoms with Crippen molar-refractivity contribution in [2.75, 3.05) is 0 Å². The van der Waals surface area contributed by atoms with Gasteiger partial charge in [0.2, 0.25) is 0 Å². The Hall–Kier alpha value is -1.31. The van der Waals surface area contributed by atoms with E-state index in [1.165, 1.54) is 0 Å². The molecule has 2 heteroatoms. The first-order valence-electron chi connectivity index (χ1n) is 3.95. The number of carbonyl (C=O) groups is 1. The SMILES string of the molecule is CC(C=O)Cc1ccc(O)cc1. The number of phenolic OH excluding ortho intramolecular Hbond substituents is 1. The summed E-state index contributed by atoms with van der Waals surface area (Å²) in [6.45, 7) is 1.87. The summed E-state index contributed by atoms with van der Waals surface area (Å²) in [7, 11) is 0. The lowest BCUT2D eigenvalue weighted by Crippen LogP contribution is -1.99. The topological polar surface area (TPSA) is 37.3 Å². The Morgan fingerprint density at radius 2 is 2.00 bits per heavy atom. The predicted molar refractivity (Wildman–Crippen MR) is 47.0 cm³/mol. The molecule has 1 unspecified atom stereocenters. The molecule has 1 atom stereocenters. The lowest BCUT2D eigenvalue weighted by molar-refractivity contribution is -0.110. The van der Waals surface area contributed by atoms with Gasteiger partial charge in [-0.1, -0.05) is 19.1 Å². The molecule has 0 saturated heterocycles. The van der Waals surface area contributed by atoms with Crippen LogP contribution >= 0.6 is 0 Å². The zero-order chi connectivity index (χ0) is 8.97. The zero-order valence-corrected chi connectivity index (χ0v) is 7.03. The zero-order valence-electron chi connectivity index (χ0n) is 7.03. The van der Waals surface area contributed by atoms with E-state index in [0.717, 1.165) is 18.3 Å². The van der Waals surface area contributed by atoms with Crippen molar-refractivity contribution in [3.63, 3.8) is 0 Å². The van der Waals surface area contributed by atoms with Crippen molar-refractivity contribution in [2.24, 2.45) is 5.92 Å². The Bertz CT molecular complexity index is 251. The standard InChI is InChI=1S/C10H12O2/c1-8(7-11)6-9-2-4-10(12)5-3-9/h2-5,7-8,12H,6H2,1H3.